The Balaban J connectivity index is 0.000000134. The number of imidazole rings is 2. The zero-order valence-electron chi connectivity index (χ0n) is 58.5. The van der Waals surface area contributed by atoms with E-state index in [9.17, 15) is 19.2 Å². The summed E-state index contributed by atoms with van der Waals surface area (Å²) >= 11 is 13.6. The van der Waals surface area contributed by atoms with Gasteiger partial charge < -0.3 is 49.2 Å². The second-order valence-electron chi connectivity index (χ2n) is 25.2. The minimum atomic E-state index is -1.53. The number of amides is 1. The van der Waals surface area contributed by atoms with E-state index in [1.165, 1.54) is 108 Å². The number of methoxy groups -OCH3 is 3. The Bertz CT molecular complexity index is 5140. The number of aromatic nitrogens is 10. The summed E-state index contributed by atoms with van der Waals surface area (Å²) in [6, 6.07) is 55.1. The van der Waals surface area contributed by atoms with E-state index in [2.05, 4.69) is 124 Å². The molecule has 22 nitrogen and oxygen atoms in total. The van der Waals surface area contributed by atoms with Crippen LogP contribution in [0.5, 0.6) is 0 Å². The van der Waals surface area contributed by atoms with Crippen LogP contribution in [-0.4, -0.2) is 128 Å². The van der Waals surface area contributed by atoms with Crippen molar-refractivity contribution in [1.82, 2.24) is 49.0 Å². The second-order valence-corrected chi connectivity index (χ2v) is 28.6. The van der Waals surface area contributed by atoms with Crippen LogP contribution in [0, 0.1) is 13.8 Å². The number of fused-ring (bicyclic) bond motifs is 10. The van der Waals surface area contributed by atoms with Crippen molar-refractivity contribution in [3.8, 4) is 67.8 Å². The van der Waals surface area contributed by atoms with Gasteiger partial charge in [-0.1, -0.05) is 92.5 Å². The number of halogens is 4. The lowest BCUT2D eigenvalue weighted by Crippen LogP contribution is -2.29. The number of carbonyl (C=O) groups is 4. The van der Waals surface area contributed by atoms with Gasteiger partial charge in [-0.05, 0) is 216 Å². The number of aryl methyl sites for hydroxylation is 2. The van der Waals surface area contributed by atoms with Gasteiger partial charge >= 0.3 is 32.1 Å². The minimum absolute atomic E-state index is 0.334. The Kier molecular flexibility index (Phi) is 26.3. The fourth-order valence-corrected chi connectivity index (χ4v) is 15.0. The molecule has 4 unspecified atom stereocenters. The molecule has 2 aliphatic carbocycles. The van der Waals surface area contributed by atoms with E-state index in [-0.39, 0.29) is 5.97 Å². The number of hydrogen-bond acceptors (Lipinski definition) is 19. The number of esters is 3. The molecule has 0 radical (unpaired) electrons. The van der Waals surface area contributed by atoms with Crippen molar-refractivity contribution in [2.45, 2.75) is 76.3 Å². The molecule has 10 heterocycles. The number of nitrogens with zero attached hydrogens (tertiary/aromatic N) is 10. The number of rotatable bonds is 12. The third kappa shape index (κ3) is 19.2. The summed E-state index contributed by atoms with van der Waals surface area (Å²) in [4.78, 5) is 81.2. The van der Waals surface area contributed by atoms with Gasteiger partial charge in [-0.25, -0.2) is 29.3 Å². The summed E-state index contributed by atoms with van der Waals surface area (Å²) in [6.45, 7) is 4.03. The minimum Gasteiger partial charge on any atom is -0.465 e. The molecule has 2 aliphatic heterocycles. The largest absolute Gasteiger partial charge is 0.488 e. The zero-order valence-corrected chi connectivity index (χ0v) is 64.9. The van der Waals surface area contributed by atoms with Crippen LogP contribution in [0.15, 0.2) is 225 Å². The Labute approximate surface area is 651 Å². The Morgan fingerprint density at radius 2 is 0.850 bits per heavy atom. The van der Waals surface area contributed by atoms with Crippen LogP contribution in [0.3, 0.4) is 0 Å². The van der Waals surface area contributed by atoms with Crippen molar-refractivity contribution < 1.29 is 53.5 Å². The van der Waals surface area contributed by atoms with Crippen molar-refractivity contribution in [2.24, 2.45) is 5.73 Å². The van der Waals surface area contributed by atoms with E-state index < -0.39 is 32.1 Å². The molecule has 2 fully saturated rings. The summed E-state index contributed by atoms with van der Waals surface area (Å²) in [5.74, 6) is 2.05. The van der Waals surface area contributed by atoms with Gasteiger partial charge in [0.05, 0.1) is 72.2 Å². The second kappa shape index (κ2) is 36.0. The number of pyridine rings is 6. The topological polar surface area (TPSA) is 316 Å². The van der Waals surface area contributed by atoms with Crippen LogP contribution < -0.4 is 16.7 Å². The number of carbonyl (C=O) groups excluding carboxylic acids is 4. The van der Waals surface area contributed by atoms with Crippen LogP contribution in [0.4, 0.5) is 0 Å². The van der Waals surface area contributed by atoms with Gasteiger partial charge in [0, 0.05) is 96.9 Å². The summed E-state index contributed by atoms with van der Waals surface area (Å²) in [6.07, 6.45) is 14.3. The van der Waals surface area contributed by atoms with Gasteiger partial charge in [0.1, 0.15) is 32.2 Å². The van der Waals surface area contributed by atoms with Crippen LogP contribution in [-0.2, 0) is 14.2 Å². The average Bonchev–Trinajstić information content (AvgIpc) is 1.58. The highest BCUT2D eigenvalue weighted by Crippen LogP contribution is 2.53. The predicted molar refractivity (Wildman–Crippen MR) is 423 cm³/mol. The standard InChI is InChI=1S/C26H23N5O.C14H14BrN3.C13H12BNO4.C13H10BrNO2.C8H9BO4.C5H3Br2N/c1-15-3-2-4-21(29-15)23-24(31-20-10-9-19(13-20)26(31)30-23)18-11-12-28-22(14-18)16-5-7-17(8-6-16)25(27)32;1-8-3-2-4-11(16-8)12-13(15)18-10-6-5-9(7-10)14(18)17-12;1-19-13(16)10-4-2-9(3-5-10)12-8-11(14(17)18)6-7-15-12;1-17-13(16)10-4-2-9(3-5-10)12-8-11(14)6-7-15-12;1-13-8(10)6-2-4-7(5-3-6)9(11)12;6-4-1-2-8-5(7)3-4/h2-8,11-12,14,19-20H,9-10,13H2,1H3,(H2,27,32);2-4,9-10H,5-7H2,1H3;2-8,17-18H,1H3;2-8H,1H3;2-5,11-12H,1H3;1-3H. The van der Waals surface area contributed by atoms with Gasteiger partial charge in [0.2, 0.25) is 5.91 Å². The lowest BCUT2D eigenvalue weighted by atomic mass is 9.80. The maximum absolute atomic E-state index is 11.4. The zero-order chi connectivity index (χ0) is 76.0. The lowest BCUT2D eigenvalue weighted by Gasteiger charge is -2.17. The first kappa shape index (κ1) is 78.1. The number of ether oxygens (including phenoxy) is 3. The van der Waals surface area contributed by atoms with Gasteiger partial charge in [-0.2, -0.15) is 0 Å². The van der Waals surface area contributed by atoms with E-state index in [1.54, 1.807) is 67.0 Å². The molecule has 4 aliphatic rings. The van der Waals surface area contributed by atoms with Crippen LogP contribution in [0.25, 0.3) is 67.8 Å². The molecule has 28 heteroatoms. The van der Waals surface area contributed by atoms with Crippen molar-refractivity contribution in [3.05, 3.63) is 270 Å². The maximum atomic E-state index is 11.4. The number of benzene rings is 4. The molecule has 0 spiro atoms. The van der Waals surface area contributed by atoms with Gasteiger partial charge in [0.15, 0.2) is 0 Å². The quantitative estimate of drug-likeness (QED) is 0.0328. The number of primary amides is 1. The monoisotopic (exact) mass is 1690 g/mol. The summed E-state index contributed by atoms with van der Waals surface area (Å²) in [5.41, 5.74) is 21.0. The van der Waals surface area contributed by atoms with Gasteiger partial charge in [-0.3, -0.25) is 29.7 Å². The van der Waals surface area contributed by atoms with Crippen molar-refractivity contribution in [1.29, 1.82) is 0 Å². The predicted octanol–water partition coefficient (Wildman–Crippen LogP) is 14.0. The highest BCUT2D eigenvalue weighted by Gasteiger charge is 2.42. The molecule has 12 aromatic rings. The van der Waals surface area contributed by atoms with E-state index in [4.69, 9.17) is 40.8 Å². The Morgan fingerprint density at radius 3 is 1.30 bits per heavy atom. The van der Waals surface area contributed by atoms with Crippen LogP contribution in [0.2, 0.25) is 0 Å². The maximum Gasteiger partial charge on any atom is 0.488 e. The van der Waals surface area contributed by atoms with Crippen molar-refractivity contribution in [2.75, 3.05) is 21.3 Å². The Morgan fingerprint density at radius 1 is 0.430 bits per heavy atom. The number of hydrogen-bond donors (Lipinski definition) is 5. The van der Waals surface area contributed by atoms with Gasteiger partial charge in [0.25, 0.3) is 0 Å². The molecule has 0 saturated heterocycles. The molecule has 4 atom stereocenters. The molecule has 8 aromatic heterocycles. The van der Waals surface area contributed by atoms with E-state index in [0.29, 0.717) is 62.8 Å². The third-order valence-corrected chi connectivity index (χ3v) is 20.4. The Hall–Kier alpha value is -10.0. The fourth-order valence-electron chi connectivity index (χ4n) is 12.9. The molecule has 4 bridgehead atoms. The molecule has 6 N–H and O–H groups in total. The van der Waals surface area contributed by atoms with Crippen LogP contribution >= 0.6 is 63.7 Å². The summed E-state index contributed by atoms with van der Waals surface area (Å²) < 4.78 is 22.5. The smallest absolute Gasteiger partial charge is 0.465 e. The third-order valence-electron chi connectivity index (χ3n) is 18.2. The summed E-state index contributed by atoms with van der Waals surface area (Å²) in [5, 5.41) is 35.7. The summed E-state index contributed by atoms with van der Waals surface area (Å²) in [7, 11) is 0.940. The molecule has 107 heavy (non-hydrogen) atoms. The molecular formula is C79H71B2Br4N11O11. The first-order valence-electron chi connectivity index (χ1n) is 33.8. The molecule has 542 valence electrons. The molecular weight excluding hydrogens is 1620 g/mol. The highest BCUT2D eigenvalue weighted by molar-refractivity contribution is 9.11. The normalized spacial score (nSPS) is 14.9. The first-order chi connectivity index (χ1) is 51.6. The van der Waals surface area contributed by atoms with Crippen molar-refractivity contribution in [3.63, 3.8) is 0 Å². The first-order valence-corrected chi connectivity index (χ1v) is 37.0. The van der Waals surface area contributed by atoms with E-state index >= 15 is 0 Å². The van der Waals surface area contributed by atoms with Crippen LogP contribution in [0.1, 0.15) is 127 Å². The van der Waals surface area contributed by atoms with E-state index in [0.717, 1.165) is 91.7 Å². The SMILES string of the molecule is Brc1ccnc(Br)c1.COC(=O)c1ccc(-c2cc(B(O)O)ccn2)cc1.COC(=O)c1ccc(-c2cc(Br)ccn2)cc1.COC(=O)c1ccc(B(O)O)cc1.Cc1cccc(-c2nc3n(c2-c2ccnc(-c4ccc(C(N)=O)cc4)c2)C2CCC3C2)n1.Cc1cccc(-c2nc3n(c2Br)C2CCC3C2)n1. The molecule has 16 rings (SSSR count). The molecule has 1 amide bonds. The highest BCUT2D eigenvalue weighted by atomic mass is 79.9. The number of nitrogens with two attached hydrogens (primary N) is 1. The van der Waals surface area contributed by atoms with Gasteiger partial charge in [-0.15, -0.1) is 0 Å². The molecule has 4 aromatic carbocycles. The lowest BCUT2D eigenvalue weighted by molar-refractivity contribution is 0.0592. The molecule has 2 saturated carbocycles. The average molecular weight is 1690 g/mol. The van der Waals surface area contributed by atoms with Crippen molar-refractivity contribution >= 4 is 113 Å². The van der Waals surface area contributed by atoms with E-state index in [1.807, 2.05) is 105 Å². The fraction of sp³-hybridized carbons (Fsp3) is 0.190.